The van der Waals surface area contributed by atoms with Gasteiger partial charge in [0.05, 0.1) is 12.1 Å². The van der Waals surface area contributed by atoms with E-state index in [1.165, 1.54) is 0 Å². The molecule has 0 amide bonds. The summed E-state index contributed by atoms with van der Waals surface area (Å²) in [4.78, 5) is 1.92. The van der Waals surface area contributed by atoms with Gasteiger partial charge in [-0.05, 0) is 20.4 Å². The normalized spacial score (nSPS) is 13.2. The molecular formula is C7H13N2. The Balaban J connectivity index is 3.48. The third-order valence-corrected chi connectivity index (χ3v) is 1.27. The smallest absolute Gasteiger partial charge is 0.0949 e. The van der Waals surface area contributed by atoms with E-state index in [4.69, 9.17) is 5.26 Å². The van der Waals surface area contributed by atoms with Crippen molar-refractivity contribution in [2.75, 3.05) is 7.05 Å². The summed E-state index contributed by atoms with van der Waals surface area (Å²) in [5.41, 5.74) is 0. The third kappa shape index (κ3) is 3.10. The van der Waals surface area contributed by atoms with Crippen LogP contribution in [0.3, 0.4) is 0 Å². The molecule has 0 saturated carbocycles. The monoisotopic (exact) mass is 125 g/mol. The highest BCUT2D eigenvalue weighted by Crippen LogP contribution is 1.98. The highest BCUT2D eigenvalue weighted by atomic mass is 15.1. The van der Waals surface area contributed by atoms with Crippen LogP contribution in [0.2, 0.25) is 0 Å². The number of hydrogen-bond acceptors (Lipinski definition) is 2. The van der Waals surface area contributed by atoms with Crippen molar-refractivity contribution in [3.63, 3.8) is 0 Å². The summed E-state index contributed by atoms with van der Waals surface area (Å²) in [5.74, 6) is 0. The van der Waals surface area contributed by atoms with Crippen molar-refractivity contribution in [3.05, 3.63) is 6.54 Å². The van der Waals surface area contributed by atoms with E-state index in [9.17, 15) is 0 Å². The molecule has 0 aromatic rings. The lowest BCUT2D eigenvalue weighted by atomic mass is 10.3. The maximum atomic E-state index is 8.42. The molecule has 1 atom stereocenters. The van der Waals surface area contributed by atoms with Crippen LogP contribution >= 0.6 is 0 Å². The van der Waals surface area contributed by atoms with Crippen molar-refractivity contribution in [1.29, 1.82) is 5.26 Å². The average Bonchev–Trinajstić information content (AvgIpc) is 1.87. The van der Waals surface area contributed by atoms with E-state index in [2.05, 4.69) is 13.0 Å². The standard InChI is InChI=1S/C7H13N2/c1-4-5-9(3)7(2)6-8/h5,7H,4H2,1-3H3. The molecular weight excluding hydrogens is 112 g/mol. The van der Waals surface area contributed by atoms with Crippen molar-refractivity contribution in [3.8, 4) is 6.07 Å². The zero-order chi connectivity index (χ0) is 7.28. The molecule has 51 valence electrons. The maximum absolute atomic E-state index is 8.42. The fourth-order valence-corrected chi connectivity index (χ4v) is 0.537. The molecule has 2 nitrogen and oxygen atoms in total. The van der Waals surface area contributed by atoms with Crippen molar-refractivity contribution >= 4 is 0 Å². The average molecular weight is 125 g/mol. The van der Waals surface area contributed by atoms with Crippen LogP contribution in [-0.4, -0.2) is 18.0 Å². The Morgan fingerprint density at radius 1 is 1.78 bits per heavy atom. The predicted molar refractivity (Wildman–Crippen MR) is 37.4 cm³/mol. The third-order valence-electron chi connectivity index (χ3n) is 1.27. The first kappa shape index (κ1) is 8.45. The molecule has 0 aliphatic heterocycles. The van der Waals surface area contributed by atoms with Gasteiger partial charge in [0.2, 0.25) is 0 Å². The molecule has 0 N–H and O–H groups in total. The van der Waals surface area contributed by atoms with Gasteiger partial charge in [-0.2, -0.15) is 5.26 Å². The minimum absolute atomic E-state index is 0.00458. The molecule has 0 spiro atoms. The van der Waals surface area contributed by atoms with Crippen LogP contribution in [0.25, 0.3) is 0 Å². The summed E-state index contributed by atoms with van der Waals surface area (Å²) in [6.07, 6.45) is 0.989. The second-order valence-corrected chi connectivity index (χ2v) is 2.06. The lowest BCUT2D eigenvalue weighted by molar-refractivity contribution is 0.360. The molecule has 0 aromatic heterocycles. The molecule has 1 radical (unpaired) electrons. The zero-order valence-corrected chi connectivity index (χ0v) is 6.26. The number of nitrogens with zero attached hydrogens (tertiary/aromatic N) is 2. The summed E-state index contributed by atoms with van der Waals surface area (Å²) in [7, 11) is 1.91. The molecule has 0 rings (SSSR count). The zero-order valence-electron chi connectivity index (χ0n) is 6.26. The largest absolute Gasteiger partial charge is 0.287 e. The van der Waals surface area contributed by atoms with Crippen molar-refractivity contribution in [1.82, 2.24) is 4.90 Å². The second-order valence-electron chi connectivity index (χ2n) is 2.06. The van der Waals surface area contributed by atoms with Crippen LogP contribution in [0.4, 0.5) is 0 Å². The Morgan fingerprint density at radius 3 is 2.67 bits per heavy atom. The van der Waals surface area contributed by atoms with Crippen LogP contribution in [0.15, 0.2) is 0 Å². The predicted octanol–water partition coefficient (Wildman–Crippen LogP) is 1.40. The van der Waals surface area contributed by atoms with E-state index in [1.54, 1.807) is 0 Å². The topological polar surface area (TPSA) is 27.0 Å². The van der Waals surface area contributed by atoms with E-state index in [0.717, 1.165) is 6.42 Å². The first-order valence-corrected chi connectivity index (χ1v) is 3.17. The minimum Gasteiger partial charge on any atom is -0.287 e. The Bertz CT molecular complexity index is 104. The van der Waals surface area contributed by atoms with Gasteiger partial charge in [0, 0.05) is 6.54 Å². The summed E-state index contributed by atoms with van der Waals surface area (Å²) >= 11 is 0. The van der Waals surface area contributed by atoms with Gasteiger partial charge >= 0.3 is 0 Å². The van der Waals surface area contributed by atoms with Crippen molar-refractivity contribution in [2.45, 2.75) is 26.3 Å². The first-order valence-electron chi connectivity index (χ1n) is 3.17. The van der Waals surface area contributed by atoms with Crippen LogP contribution in [0.5, 0.6) is 0 Å². The summed E-state index contributed by atoms with van der Waals surface area (Å²) in [6, 6.07) is 2.15. The molecule has 0 fully saturated rings. The molecule has 0 aliphatic carbocycles. The Labute approximate surface area is 57.1 Å². The highest BCUT2D eigenvalue weighted by molar-refractivity contribution is 4.88. The highest BCUT2D eigenvalue weighted by Gasteiger charge is 2.04. The van der Waals surface area contributed by atoms with Gasteiger partial charge in [-0.1, -0.05) is 6.92 Å². The van der Waals surface area contributed by atoms with Gasteiger partial charge < -0.3 is 0 Å². The van der Waals surface area contributed by atoms with Gasteiger partial charge in [0.1, 0.15) is 0 Å². The Hall–Kier alpha value is -0.550. The van der Waals surface area contributed by atoms with Gasteiger partial charge in [0.25, 0.3) is 0 Å². The SMILES string of the molecule is CC[CH]N(C)C(C)C#N. The summed E-state index contributed by atoms with van der Waals surface area (Å²) < 4.78 is 0. The fourth-order valence-electron chi connectivity index (χ4n) is 0.537. The van der Waals surface area contributed by atoms with Gasteiger partial charge in [0.15, 0.2) is 0 Å². The molecule has 9 heavy (non-hydrogen) atoms. The Morgan fingerprint density at radius 2 is 2.33 bits per heavy atom. The summed E-state index contributed by atoms with van der Waals surface area (Å²) in [5, 5.41) is 8.42. The molecule has 2 heteroatoms. The van der Waals surface area contributed by atoms with Gasteiger partial charge in [-0.15, -0.1) is 0 Å². The van der Waals surface area contributed by atoms with E-state index in [0.29, 0.717) is 0 Å². The molecule has 0 bridgehead atoms. The van der Waals surface area contributed by atoms with Gasteiger partial charge in [-0.25, -0.2) is 0 Å². The van der Waals surface area contributed by atoms with E-state index in [-0.39, 0.29) is 6.04 Å². The molecule has 1 unspecified atom stereocenters. The van der Waals surface area contributed by atoms with Gasteiger partial charge in [-0.3, -0.25) is 4.90 Å². The maximum Gasteiger partial charge on any atom is 0.0949 e. The molecule has 0 aliphatic rings. The number of rotatable bonds is 3. The first-order chi connectivity index (χ1) is 4.22. The van der Waals surface area contributed by atoms with Crippen molar-refractivity contribution < 1.29 is 0 Å². The lowest BCUT2D eigenvalue weighted by Gasteiger charge is -2.16. The molecule has 0 heterocycles. The van der Waals surface area contributed by atoms with Crippen LogP contribution < -0.4 is 0 Å². The second kappa shape index (κ2) is 4.34. The molecule has 0 saturated heterocycles. The number of hydrogen-bond donors (Lipinski definition) is 0. The Kier molecular flexibility index (Phi) is 4.08. The van der Waals surface area contributed by atoms with E-state index < -0.39 is 0 Å². The summed E-state index contributed by atoms with van der Waals surface area (Å²) in [6.45, 7) is 5.95. The quantitative estimate of drug-likeness (QED) is 0.570. The lowest BCUT2D eigenvalue weighted by Crippen LogP contribution is -2.24. The van der Waals surface area contributed by atoms with E-state index >= 15 is 0 Å². The molecule has 0 aromatic carbocycles. The number of nitriles is 1. The minimum atomic E-state index is 0.00458. The van der Waals surface area contributed by atoms with E-state index in [1.807, 2.05) is 25.4 Å². The van der Waals surface area contributed by atoms with Crippen molar-refractivity contribution in [2.24, 2.45) is 0 Å². The van der Waals surface area contributed by atoms with Crippen LogP contribution in [0.1, 0.15) is 20.3 Å². The fraction of sp³-hybridized carbons (Fsp3) is 0.714. The van der Waals surface area contributed by atoms with Crippen LogP contribution in [-0.2, 0) is 0 Å². The van der Waals surface area contributed by atoms with Crippen LogP contribution in [0, 0.1) is 17.9 Å².